The first-order chi connectivity index (χ1) is 9.74. The first-order valence-corrected chi connectivity index (χ1v) is 6.84. The number of carboxylic acids is 1. The van der Waals surface area contributed by atoms with Crippen molar-refractivity contribution in [2.75, 3.05) is 0 Å². The molecule has 0 heterocycles. The van der Waals surface area contributed by atoms with E-state index in [4.69, 9.17) is 5.11 Å². The molecule has 0 saturated heterocycles. The van der Waals surface area contributed by atoms with E-state index in [0.29, 0.717) is 5.92 Å². The number of hydrogen-bond acceptors (Lipinski definition) is 1. The Bertz CT molecular complexity index is 635. The molecule has 2 heteroatoms. The first kappa shape index (κ1) is 12.7. The maximum absolute atomic E-state index is 10.9. The topological polar surface area (TPSA) is 37.3 Å². The van der Waals surface area contributed by atoms with E-state index in [0.717, 1.165) is 29.5 Å². The minimum atomic E-state index is -0.862. The Hall–Kier alpha value is -2.35. The van der Waals surface area contributed by atoms with Crippen molar-refractivity contribution >= 4 is 11.5 Å². The van der Waals surface area contributed by atoms with Gasteiger partial charge in [-0.1, -0.05) is 54.6 Å². The predicted molar refractivity (Wildman–Crippen MR) is 80.2 cm³/mol. The van der Waals surface area contributed by atoms with Crippen molar-refractivity contribution in [1.29, 1.82) is 0 Å². The van der Waals surface area contributed by atoms with Crippen molar-refractivity contribution < 1.29 is 9.90 Å². The zero-order valence-corrected chi connectivity index (χ0v) is 11.1. The van der Waals surface area contributed by atoms with E-state index >= 15 is 0 Å². The second-order valence-corrected chi connectivity index (χ2v) is 5.16. The van der Waals surface area contributed by atoms with Gasteiger partial charge in [-0.05, 0) is 41.0 Å². The number of benzene rings is 2. The van der Waals surface area contributed by atoms with Crippen LogP contribution in [0.25, 0.3) is 16.7 Å². The number of allylic oxidation sites excluding steroid dienone is 1. The van der Waals surface area contributed by atoms with Gasteiger partial charge in [0.25, 0.3) is 0 Å². The van der Waals surface area contributed by atoms with Crippen molar-refractivity contribution in [3.8, 4) is 11.1 Å². The predicted octanol–water partition coefficient (Wildman–Crippen LogP) is 4.23. The average molecular weight is 264 g/mol. The SMILES string of the molecule is O=C(O)/C=C(/c1ccc(-c2ccccc2)cc1)C1CC1. The van der Waals surface area contributed by atoms with E-state index in [-0.39, 0.29) is 0 Å². The van der Waals surface area contributed by atoms with Crippen molar-refractivity contribution in [3.63, 3.8) is 0 Å². The molecule has 100 valence electrons. The molecular weight excluding hydrogens is 248 g/mol. The van der Waals surface area contributed by atoms with Gasteiger partial charge in [-0.2, -0.15) is 0 Å². The molecule has 1 aliphatic rings. The van der Waals surface area contributed by atoms with Gasteiger partial charge in [-0.25, -0.2) is 4.79 Å². The zero-order valence-electron chi connectivity index (χ0n) is 11.1. The minimum absolute atomic E-state index is 0.425. The molecule has 0 spiro atoms. The van der Waals surface area contributed by atoms with E-state index in [2.05, 4.69) is 24.3 Å². The highest BCUT2D eigenvalue weighted by Gasteiger charge is 2.27. The van der Waals surface area contributed by atoms with Crippen molar-refractivity contribution in [2.45, 2.75) is 12.8 Å². The molecule has 0 atom stereocenters. The summed E-state index contributed by atoms with van der Waals surface area (Å²) in [5.74, 6) is -0.437. The smallest absolute Gasteiger partial charge is 0.328 e. The van der Waals surface area contributed by atoms with E-state index in [1.54, 1.807) is 0 Å². The summed E-state index contributed by atoms with van der Waals surface area (Å²) in [4.78, 5) is 10.9. The van der Waals surface area contributed by atoms with E-state index < -0.39 is 5.97 Å². The molecule has 0 bridgehead atoms. The lowest BCUT2D eigenvalue weighted by molar-refractivity contribution is -0.131. The molecule has 0 radical (unpaired) electrons. The largest absolute Gasteiger partial charge is 0.478 e. The molecule has 1 N–H and O–H groups in total. The molecule has 1 saturated carbocycles. The Morgan fingerprint density at radius 3 is 2.10 bits per heavy atom. The highest BCUT2D eigenvalue weighted by Crippen LogP contribution is 2.42. The number of rotatable bonds is 4. The Morgan fingerprint density at radius 1 is 0.950 bits per heavy atom. The fraction of sp³-hybridized carbons (Fsp3) is 0.167. The number of carboxylic acid groups (broad SMARTS) is 1. The van der Waals surface area contributed by atoms with Crippen LogP contribution in [-0.2, 0) is 4.79 Å². The van der Waals surface area contributed by atoms with Crippen LogP contribution in [0.4, 0.5) is 0 Å². The lowest BCUT2D eigenvalue weighted by Gasteiger charge is -2.07. The second-order valence-electron chi connectivity index (χ2n) is 5.16. The van der Waals surface area contributed by atoms with Gasteiger partial charge in [0.1, 0.15) is 0 Å². The summed E-state index contributed by atoms with van der Waals surface area (Å²) in [5.41, 5.74) is 4.31. The quantitative estimate of drug-likeness (QED) is 0.839. The highest BCUT2D eigenvalue weighted by atomic mass is 16.4. The van der Waals surface area contributed by atoms with Crippen LogP contribution in [0, 0.1) is 5.92 Å². The van der Waals surface area contributed by atoms with Crippen LogP contribution in [0.5, 0.6) is 0 Å². The second kappa shape index (κ2) is 5.33. The van der Waals surface area contributed by atoms with Crippen molar-refractivity contribution in [3.05, 3.63) is 66.2 Å². The van der Waals surface area contributed by atoms with E-state index in [1.807, 2.05) is 30.3 Å². The van der Waals surface area contributed by atoms with Crippen LogP contribution in [0.3, 0.4) is 0 Å². The molecular formula is C18H16O2. The van der Waals surface area contributed by atoms with Gasteiger partial charge in [-0.3, -0.25) is 0 Å². The molecule has 3 rings (SSSR count). The molecule has 0 unspecified atom stereocenters. The zero-order chi connectivity index (χ0) is 13.9. The summed E-state index contributed by atoms with van der Waals surface area (Å²) < 4.78 is 0. The first-order valence-electron chi connectivity index (χ1n) is 6.84. The monoisotopic (exact) mass is 264 g/mol. The number of hydrogen-bond donors (Lipinski definition) is 1. The Kier molecular flexibility index (Phi) is 3.38. The summed E-state index contributed by atoms with van der Waals surface area (Å²) in [5, 5.41) is 8.98. The van der Waals surface area contributed by atoms with Gasteiger partial charge in [-0.15, -0.1) is 0 Å². The molecule has 2 aromatic rings. The van der Waals surface area contributed by atoms with E-state index in [9.17, 15) is 4.79 Å². The number of carbonyl (C=O) groups is 1. The van der Waals surface area contributed by atoms with Gasteiger partial charge in [0.05, 0.1) is 0 Å². The van der Waals surface area contributed by atoms with Crippen molar-refractivity contribution in [1.82, 2.24) is 0 Å². The molecule has 20 heavy (non-hydrogen) atoms. The molecule has 0 aliphatic heterocycles. The Balaban J connectivity index is 1.91. The summed E-state index contributed by atoms with van der Waals surface area (Å²) >= 11 is 0. The van der Waals surface area contributed by atoms with Gasteiger partial charge in [0, 0.05) is 6.08 Å². The van der Waals surface area contributed by atoms with Crippen molar-refractivity contribution in [2.24, 2.45) is 5.92 Å². The molecule has 1 fully saturated rings. The van der Waals surface area contributed by atoms with Crippen LogP contribution in [-0.4, -0.2) is 11.1 Å². The van der Waals surface area contributed by atoms with Crippen LogP contribution < -0.4 is 0 Å². The Morgan fingerprint density at radius 2 is 1.55 bits per heavy atom. The van der Waals surface area contributed by atoms with Gasteiger partial charge in [0.15, 0.2) is 0 Å². The lowest BCUT2D eigenvalue weighted by atomic mass is 9.97. The Labute approximate surface area is 118 Å². The van der Waals surface area contributed by atoms with Gasteiger partial charge >= 0.3 is 5.97 Å². The van der Waals surface area contributed by atoms with Gasteiger partial charge in [0.2, 0.25) is 0 Å². The molecule has 2 nitrogen and oxygen atoms in total. The fourth-order valence-electron chi connectivity index (χ4n) is 2.45. The summed E-state index contributed by atoms with van der Waals surface area (Å²) in [6.07, 6.45) is 3.55. The summed E-state index contributed by atoms with van der Waals surface area (Å²) in [6.45, 7) is 0. The third-order valence-electron chi connectivity index (χ3n) is 3.62. The number of aliphatic carboxylic acids is 1. The normalized spacial score (nSPS) is 15.1. The van der Waals surface area contributed by atoms with Gasteiger partial charge < -0.3 is 5.11 Å². The standard InChI is InChI=1S/C18H16O2/c19-18(20)12-17(16-10-11-16)15-8-6-14(7-9-15)13-4-2-1-3-5-13/h1-9,12,16H,10-11H2,(H,19,20)/b17-12-. The van der Waals surface area contributed by atoms with Crippen LogP contribution in [0.15, 0.2) is 60.7 Å². The molecule has 2 aromatic carbocycles. The minimum Gasteiger partial charge on any atom is -0.478 e. The highest BCUT2D eigenvalue weighted by molar-refractivity contribution is 5.91. The maximum Gasteiger partial charge on any atom is 0.328 e. The third kappa shape index (κ3) is 2.80. The van der Waals surface area contributed by atoms with Crippen LogP contribution in [0.1, 0.15) is 18.4 Å². The third-order valence-corrected chi connectivity index (χ3v) is 3.62. The summed E-state index contributed by atoms with van der Waals surface area (Å²) in [6, 6.07) is 18.3. The summed E-state index contributed by atoms with van der Waals surface area (Å²) in [7, 11) is 0. The molecule has 0 aromatic heterocycles. The molecule has 1 aliphatic carbocycles. The van der Waals surface area contributed by atoms with Crippen LogP contribution in [0.2, 0.25) is 0 Å². The fourth-order valence-corrected chi connectivity index (χ4v) is 2.45. The van der Waals surface area contributed by atoms with E-state index in [1.165, 1.54) is 11.6 Å². The molecule has 0 amide bonds. The average Bonchev–Trinajstić information content (AvgIpc) is 3.30. The lowest BCUT2D eigenvalue weighted by Crippen LogP contribution is -1.94. The maximum atomic E-state index is 10.9. The van der Waals surface area contributed by atoms with Crippen LogP contribution >= 0.6 is 0 Å².